The van der Waals surface area contributed by atoms with Gasteiger partial charge in [-0.2, -0.15) is 5.10 Å². The monoisotopic (exact) mass is 393 g/mol. The number of hydrogen-bond acceptors (Lipinski definition) is 5. The predicted octanol–water partition coefficient (Wildman–Crippen LogP) is 3.11. The van der Waals surface area contributed by atoms with Crippen LogP contribution in [0, 0.1) is 0 Å². The lowest BCUT2D eigenvalue weighted by Gasteiger charge is -2.27. The number of hydrazone groups is 1. The first-order chi connectivity index (χ1) is 11.2. The van der Waals surface area contributed by atoms with E-state index >= 15 is 0 Å². The average Bonchev–Trinajstić information content (AvgIpc) is 3.05. The van der Waals surface area contributed by atoms with Crippen molar-refractivity contribution in [2.45, 2.75) is 0 Å². The number of benzene rings is 1. The molecule has 5 nitrogen and oxygen atoms in total. The van der Waals surface area contributed by atoms with E-state index in [1.807, 2.05) is 24.3 Å². The number of morpholine rings is 1. The highest BCUT2D eigenvalue weighted by Crippen LogP contribution is 2.25. The molecule has 0 bridgehead atoms. The molecule has 2 heterocycles. The third kappa shape index (κ3) is 4.19. The molecule has 1 N–H and O–H groups in total. The lowest BCUT2D eigenvalue weighted by molar-refractivity contribution is 0.0954. The highest BCUT2D eigenvalue weighted by atomic mass is 79.9. The van der Waals surface area contributed by atoms with Crippen LogP contribution in [0.1, 0.15) is 15.2 Å². The van der Waals surface area contributed by atoms with Crippen molar-refractivity contribution in [1.29, 1.82) is 0 Å². The lowest BCUT2D eigenvalue weighted by Crippen LogP contribution is -2.35. The van der Waals surface area contributed by atoms with Crippen molar-refractivity contribution in [2.75, 3.05) is 31.2 Å². The maximum atomic E-state index is 12.0. The summed E-state index contributed by atoms with van der Waals surface area (Å²) >= 11 is 5.01. The quantitative estimate of drug-likeness (QED) is 0.641. The number of nitrogens with one attached hydrogen (secondary N) is 1. The molecule has 0 saturated carbocycles. The second kappa shape index (κ2) is 7.72. The number of hydrogen-bond donors (Lipinski definition) is 1. The summed E-state index contributed by atoms with van der Waals surface area (Å²) in [6.07, 6.45) is 1.67. The molecule has 1 aliphatic rings. The minimum atomic E-state index is -0.237. The van der Waals surface area contributed by atoms with Gasteiger partial charge >= 0.3 is 0 Å². The molecule has 23 heavy (non-hydrogen) atoms. The molecule has 0 radical (unpaired) electrons. The van der Waals surface area contributed by atoms with Gasteiger partial charge < -0.3 is 9.64 Å². The van der Waals surface area contributed by atoms with Crippen LogP contribution in [-0.2, 0) is 4.74 Å². The fraction of sp³-hybridized carbons (Fsp3) is 0.250. The molecule has 120 valence electrons. The third-order valence-electron chi connectivity index (χ3n) is 3.41. The van der Waals surface area contributed by atoms with Gasteiger partial charge in [-0.15, -0.1) is 11.3 Å². The summed E-state index contributed by atoms with van der Waals surface area (Å²) in [5, 5.41) is 5.24. The summed E-state index contributed by atoms with van der Waals surface area (Å²) in [6, 6.07) is 11.3. The zero-order chi connectivity index (χ0) is 16.1. The van der Waals surface area contributed by atoms with Gasteiger partial charge in [0.1, 0.15) is 0 Å². The molecule has 3 rings (SSSR count). The van der Waals surface area contributed by atoms with Crippen molar-refractivity contribution in [3.8, 4) is 0 Å². The Balaban J connectivity index is 1.59. The molecular formula is C16H16BrN3O2S. The van der Waals surface area contributed by atoms with Crippen molar-refractivity contribution >= 4 is 44.4 Å². The molecule has 7 heteroatoms. The summed E-state index contributed by atoms with van der Waals surface area (Å²) in [5.41, 5.74) is 3.11. The maximum Gasteiger partial charge on any atom is 0.272 e. The van der Waals surface area contributed by atoms with Crippen LogP contribution in [0.25, 0.3) is 0 Å². The van der Waals surface area contributed by atoms with E-state index in [1.165, 1.54) is 5.00 Å². The van der Waals surface area contributed by atoms with Gasteiger partial charge in [-0.05, 0) is 40.2 Å². The number of amides is 1. The Morgan fingerprint density at radius 2 is 2.04 bits per heavy atom. The first-order valence-corrected chi connectivity index (χ1v) is 8.85. The number of nitrogens with zero attached hydrogens (tertiary/aromatic N) is 2. The standard InChI is InChI=1S/C16H16BrN3O2S/c17-14-4-2-1-3-13(14)16(21)19-18-11-12-5-6-15(23-12)20-7-9-22-10-8-20/h1-6,11H,7-10H2,(H,19,21)/b18-11-. The van der Waals surface area contributed by atoms with E-state index in [2.05, 4.69) is 37.4 Å². The summed E-state index contributed by atoms with van der Waals surface area (Å²) in [6.45, 7) is 3.36. The van der Waals surface area contributed by atoms with Crippen LogP contribution in [0.15, 0.2) is 46.0 Å². The van der Waals surface area contributed by atoms with Gasteiger partial charge in [0.25, 0.3) is 5.91 Å². The average molecular weight is 394 g/mol. The molecule has 0 unspecified atom stereocenters. The van der Waals surface area contributed by atoms with E-state index in [-0.39, 0.29) is 5.91 Å². The zero-order valence-corrected chi connectivity index (χ0v) is 14.8. The van der Waals surface area contributed by atoms with Crippen LogP contribution < -0.4 is 10.3 Å². The minimum Gasteiger partial charge on any atom is -0.378 e. The summed E-state index contributed by atoms with van der Waals surface area (Å²) in [4.78, 5) is 15.3. The van der Waals surface area contributed by atoms with E-state index < -0.39 is 0 Å². The van der Waals surface area contributed by atoms with Crippen LogP contribution in [0.5, 0.6) is 0 Å². The molecule has 1 aromatic carbocycles. The van der Waals surface area contributed by atoms with Crippen LogP contribution in [0.4, 0.5) is 5.00 Å². The lowest BCUT2D eigenvalue weighted by atomic mass is 10.2. The van der Waals surface area contributed by atoms with Gasteiger partial charge in [0.05, 0.1) is 30.0 Å². The van der Waals surface area contributed by atoms with Gasteiger partial charge in [-0.25, -0.2) is 5.43 Å². The number of carbonyl (C=O) groups excluding carboxylic acids is 1. The Morgan fingerprint density at radius 3 is 2.83 bits per heavy atom. The number of ether oxygens (including phenoxy) is 1. The van der Waals surface area contributed by atoms with Crippen molar-refractivity contribution < 1.29 is 9.53 Å². The number of thiophene rings is 1. The first-order valence-electron chi connectivity index (χ1n) is 7.24. The van der Waals surface area contributed by atoms with Crippen LogP contribution >= 0.6 is 27.3 Å². The number of halogens is 1. The normalized spacial score (nSPS) is 15.1. The fourth-order valence-corrected chi connectivity index (χ4v) is 3.62. The van der Waals surface area contributed by atoms with E-state index in [0.717, 1.165) is 35.7 Å². The molecule has 0 aliphatic carbocycles. The van der Waals surface area contributed by atoms with Gasteiger partial charge in [0, 0.05) is 22.4 Å². The van der Waals surface area contributed by atoms with Gasteiger partial charge in [0.15, 0.2) is 0 Å². The molecule has 1 fully saturated rings. The largest absolute Gasteiger partial charge is 0.378 e. The first kappa shape index (κ1) is 16.2. The molecule has 1 saturated heterocycles. The van der Waals surface area contributed by atoms with Crippen molar-refractivity contribution in [3.05, 3.63) is 51.3 Å². The predicted molar refractivity (Wildman–Crippen MR) is 96.6 cm³/mol. The highest BCUT2D eigenvalue weighted by Gasteiger charge is 2.12. The Morgan fingerprint density at radius 1 is 1.26 bits per heavy atom. The van der Waals surface area contributed by atoms with Crippen LogP contribution in [-0.4, -0.2) is 38.4 Å². The molecule has 0 atom stereocenters. The van der Waals surface area contributed by atoms with Crippen molar-refractivity contribution in [2.24, 2.45) is 5.10 Å². The molecular weight excluding hydrogens is 378 g/mol. The van der Waals surface area contributed by atoms with E-state index in [1.54, 1.807) is 23.6 Å². The molecule has 2 aromatic rings. The Kier molecular flexibility index (Phi) is 5.43. The summed E-state index contributed by atoms with van der Waals surface area (Å²) in [5.74, 6) is -0.237. The molecule has 1 aliphatic heterocycles. The van der Waals surface area contributed by atoms with Crippen LogP contribution in [0.2, 0.25) is 0 Å². The highest BCUT2D eigenvalue weighted by molar-refractivity contribution is 9.10. The van der Waals surface area contributed by atoms with E-state index in [9.17, 15) is 4.79 Å². The third-order valence-corrected chi connectivity index (χ3v) is 5.18. The Labute approximate surface area is 147 Å². The Hall–Kier alpha value is -1.70. The van der Waals surface area contributed by atoms with E-state index in [4.69, 9.17) is 4.74 Å². The molecule has 1 amide bonds. The zero-order valence-electron chi connectivity index (χ0n) is 12.4. The van der Waals surface area contributed by atoms with Gasteiger partial charge in [-0.3, -0.25) is 4.79 Å². The number of anilines is 1. The van der Waals surface area contributed by atoms with Gasteiger partial charge in [0.2, 0.25) is 0 Å². The number of rotatable bonds is 4. The van der Waals surface area contributed by atoms with Crippen LogP contribution in [0.3, 0.4) is 0 Å². The van der Waals surface area contributed by atoms with Gasteiger partial charge in [-0.1, -0.05) is 12.1 Å². The smallest absolute Gasteiger partial charge is 0.272 e. The molecule has 0 spiro atoms. The maximum absolute atomic E-state index is 12.0. The topological polar surface area (TPSA) is 53.9 Å². The fourth-order valence-electron chi connectivity index (χ4n) is 2.23. The summed E-state index contributed by atoms with van der Waals surface area (Å²) < 4.78 is 6.10. The second-order valence-electron chi connectivity index (χ2n) is 4.95. The molecule has 1 aromatic heterocycles. The summed E-state index contributed by atoms with van der Waals surface area (Å²) in [7, 11) is 0. The van der Waals surface area contributed by atoms with Crippen molar-refractivity contribution in [1.82, 2.24) is 5.43 Å². The second-order valence-corrected chi connectivity index (χ2v) is 6.90. The minimum absolute atomic E-state index is 0.237. The number of carbonyl (C=O) groups is 1. The SMILES string of the molecule is O=C(N/N=C\c1ccc(N2CCOCC2)s1)c1ccccc1Br. The van der Waals surface area contributed by atoms with Crippen molar-refractivity contribution in [3.63, 3.8) is 0 Å². The van der Waals surface area contributed by atoms with E-state index in [0.29, 0.717) is 5.56 Å². The Bertz CT molecular complexity index is 711.